The molecule has 0 spiro atoms. The molecule has 1 aliphatic rings. The van der Waals surface area contributed by atoms with E-state index in [-0.39, 0.29) is 11.7 Å². The molecule has 1 N–H and O–H groups in total. The van der Waals surface area contributed by atoms with Gasteiger partial charge < -0.3 is 5.32 Å². The summed E-state index contributed by atoms with van der Waals surface area (Å²) < 4.78 is 1.60. The zero-order valence-electron chi connectivity index (χ0n) is 13.3. The van der Waals surface area contributed by atoms with E-state index in [2.05, 4.69) is 25.4 Å². The van der Waals surface area contributed by atoms with Crippen molar-refractivity contribution in [3.8, 4) is 0 Å². The average Bonchev–Trinajstić information content (AvgIpc) is 3.33. The number of rotatable bonds is 3. The lowest BCUT2D eigenvalue weighted by Gasteiger charge is -2.01. The van der Waals surface area contributed by atoms with Crippen molar-refractivity contribution >= 4 is 33.1 Å². The summed E-state index contributed by atoms with van der Waals surface area (Å²) >= 11 is 1.73. The van der Waals surface area contributed by atoms with Gasteiger partial charge in [-0.25, -0.2) is 14.5 Å². The topological polar surface area (TPSA) is 85.1 Å². The number of nitrogens with zero attached hydrogens (tertiary/aromatic N) is 5. The third-order valence-corrected chi connectivity index (χ3v) is 5.62. The molecule has 4 aromatic rings. The first-order valence-corrected chi connectivity index (χ1v) is 8.94. The molecule has 0 fully saturated rings. The zero-order chi connectivity index (χ0) is 16.8. The van der Waals surface area contributed by atoms with Crippen LogP contribution in [0.4, 0.5) is 0 Å². The van der Waals surface area contributed by atoms with Crippen LogP contribution in [0.15, 0.2) is 30.9 Å². The summed E-state index contributed by atoms with van der Waals surface area (Å²) in [5.74, 6) is -0.135. The Morgan fingerprint density at radius 3 is 3.20 bits per heavy atom. The van der Waals surface area contributed by atoms with E-state index in [0.717, 1.165) is 34.3 Å². The smallest absolute Gasteiger partial charge is 0.291 e. The van der Waals surface area contributed by atoms with Crippen LogP contribution in [0.2, 0.25) is 0 Å². The second-order valence-corrected chi connectivity index (χ2v) is 7.11. The fraction of sp³-hybridized carbons (Fsp3) is 0.235. The van der Waals surface area contributed by atoms with E-state index in [0.29, 0.717) is 6.54 Å². The van der Waals surface area contributed by atoms with Gasteiger partial charge in [0, 0.05) is 23.8 Å². The van der Waals surface area contributed by atoms with E-state index in [1.54, 1.807) is 34.6 Å². The van der Waals surface area contributed by atoms with E-state index >= 15 is 0 Å². The van der Waals surface area contributed by atoms with Crippen LogP contribution in [-0.4, -0.2) is 30.5 Å². The van der Waals surface area contributed by atoms with Gasteiger partial charge in [-0.1, -0.05) is 6.07 Å². The quantitative estimate of drug-likeness (QED) is 0.612. The maximum Gasteiger partial charge on any atom is 0.291 e. The number of thiophene rings is 1. The molecule has 0 bridgehead atoms. The number of nitrogens with one attached hydrogen (secondary N) is 1. The fourth-order valence-electron chi connectivity index (χ4n) is 3.25. The molecule has 0 saturated carbocycles. The summed E-state index contributed by atoms with van der Waals surface area (Å²) in [5, 5.41) is 8.19. The van der Waals surface area contributed by atoms with Gasteiger partial charge in [-0.05, 0) is 36.5 Å². The minimum atomic E-state index is -0.299. The number of hydrogen-bond donors (Lipinski definition) is 1. The van der Waals surface area contributed by atoms with E-state index in [1.807, 2.05) is 12.1 Å². The molecule has 124 valence electrons. The van der Waals surface area contributed by atoms with Crippen molar-refractivity contribution in [3.05, 3.63) is 52.7 Å². The monoisotopic (exact) mass is 350 g/mol. The summed E-state index contributed by atoms with van der Waals surface area (Å²) in [6.45, 7) is 0.393. The van der Waals surface area contributed by atoms with E-state index in [1.165, 1.54) is 16.9 Å². The number of aromatic nitrogens is 5. The van der Waals surface area contributed by atoms with Crippen molar-refractivity contribution < 1.29 is 4.79 Å². The zero-order valence-corrected chi connectivity index (χ0v) is 14.1. The molecule has 0 unspecified atom stereocenters. The Kier molecular flexibility index (Phi) is 3.24. The van der Waals surface area contributed by atoms with Crippen molar-refractivity contribution in [2.24, 2.45) is 0 Å². The van der Waals surface area contributed by atoms with Gasteiger partial charge in [-0.2, -0.15) is 0 Å². The average molecular weight is 350 g/mol. The summed E-state index contributed by atoms with van der Waals surface area (Å²) in [7, 11) is 0. The normalized spacial score (nSPS) is 13.4. The summed E-state index contributed by atoms with van der Waals surface area (Å²) in [6.07, 6.45) is 8.38. The molecule has 0 atom stereocenters. The van der Waals surface area contributed by atoms with Crippen LogP contribution >= 0.6 is 11.3 Å². The largest absolute Gasteiger partial charge is 0.345 e. The number of pyridine rings is 1. The molecule has 0 saturated heterocycles. The Bertz CT molecular complexity index is 1100. The third kappa shape index (κ3) is 2.37. The van der Waals surface area contributed by atoms with Crippen LogP contribution in [0.1, 0.15) is 33.0 Å². The molecule has 0 radical (unpaired) electrons. The van der Waals surface area contributed by atoms with Crippen molar-refractivity contribution in [1.82, 2.24) is 29.9 Å². The van der Waals surface area contributed by atoms with Crippen molar-refractivity contribution in [1.29, 1.82) is 0 Å². The van der Waals surface area contributed by atoms with Crippen LogP contribution in [-0.2, 0) is 19.4 Å². The minimum absolute atomic E-state index is 0.163. The van der Waals surface area contributed by atoms with Crippen molar-refractivity contribution in [3.63, 3.8) is 0 Å². The molecule has 0 aromatic carbocycles. The van der Waals surface area contributed by atoms with Gasteiger partial charge in [0.15, 0.2) is 5.65 Å². The molecule has 7 nitrogen and oxygen atoms in total. The SMILES string of the molecule is O=C(NCc1cccnc1)c1nc2c3c4c(sc3ncn2n1)CCC4. The van der Waals surface area contributed by atoms with Crippen LogP contribution < -0.4 is 5.32 Å². The van der Waals surface area contributed by atoms with E-state index in [4.69, 9.17) is 0 Å². The van der Waals surface area contributed by atoms with E-state index < -0.39 is 0 Å². The third-order valence-electron chi connectivity index (χ3n) is 4.42. The van der Waals surface area contributed by atoms with Crippen molar-refractivity contribution in [2.45, 2.75) is 25.8 Å². The summed E-state index contributed by atoms with van der Waals surface area (Å²) in [5.41, 5.74) is 2.98. The van der Waals surface area contributed by atoms with Gasteiger partial charge in [0.2, 0.25) is 5.82 Å². The van der Waals surface area contributed by atoms with Crippen LogP contribution in [0, 0.1) is 0 Å². The number of carbonyl (C=O) groups excluding carboxylic acids is 1. The lowest BCUT2D eigenvalue weighted by atomic mass is 10.2. The number of aryl methyl sites for hydroxylation is 2. The van der Waals surface area contributed by atoms with Crippen LogP contribution in [0.25, 0.3) is 15.9 Å². The maximum atomic E-state index is 12.4. The molecule has 1 amide bonds. The molecule has 8 heteroatoms. The standard InChI is InChI=1S/C17H14N6OS/c24-16(19-8-10-3-2-6-18-7-10)14-21-15-13-11-4-1-5-12(11)25-17(13)20-9-23(15)22-14/h2-3,6-7,9H,1,4-5,8H2,(H,19,24). The van der Waals surface area contributed by atoms with Crippen molar-refractivity contribution in [2.75, 3.05) is 0 Å². The van der Waals surface area contributed by atoms with Gasteiger partial charge in [0.05, 0.1) is 5.39 Å². The van der Waals surface area contributed by atoms with E-state index in [9.17, 15) is 4.79 Å². The molecule has 5 rings (SSSR count). The van der Waals surface area contributed by atoms with Crippen LogP contribution in [0.3, 0.4) is 0 Å². The highest BCUT2D eigenvalue weighted by Gasteiger charge is 2.23. The molecule has 4 heterocycles. The molecule has 4 aromatic heterocycles. The lowest BCUT2D eigenvalue weighted by molar-refractivity contribution is 0.0940. The minimum Gasteiger partial charge on any atom is -0.345 e. The number of fused-ring (bicyclic) bond motifs is 5. The first-order chi connectivity index (χ1) is 12.3. The molecular weight excluding hydrogens is 336 g/mol. The Balaban J connectivity index is 1.50. The Morgan fingerprint density at radius 2 is 2.32 bits per heavy atom. The highest BCUT2D eigenvalue weighted by molar-refractivity contribution is 7.19. The summed E-state index contributed by atoms with van der Waals surface area (Å²) in [6, 6.07) is 3.75. The first kappa shape index (κ1) is 14.5. The Labute approximate surface area is 146 Å². The van der Waals surface area contributed by atoms with Gasteiger partial charge in [0.1, 0.15) is 11.2 Å². The second kappa shape index (κ2) is 5.59. The second-order valence-electron chi connectivity index (χ2n) is 6.03. The number of carbonyl (C=O) groups is 1. The molecule has 0 aliphatic heterocycles. The number of amides is 1. The molecule has 25 heavy (non-hydrogen) atoms. The predicted molar refractivity (Wildman–Crippen MR) is 93.6 cm³/mol. The molecular formula is C17H14N6OS. The highest BCUT2D eigenvalue weighted by atomic mass is 32.1. The lowest BCUT2D eigenvalue weighted by Crippen LogP contribution is -2.24. The highest BCUT2D eigenvalue weighted by Crippen LogP contribution is 2.37. The Morgan fingerprint density at radius 1 is 1.36 bits per heavy atom. The van der Waals surface area contributed by atoms with Crippen LogP contribution in [0.5, 0.6) is 0 Å². The fourth-order valence-corrected chi connectivity index (χ4v) is 4.48. The van der Waals surface area contributed by atoms with Gasteiger partial charge >= 0.3 is 0 Å². The Hall–Kier alpha value is -2.87. The maximum absolute atomic E-state index is 12.4. The van der Waals surface area contributed by atoms with Gasteiger partial charge in [-0.3, -0.25) is 9.78 Å². The van der Waals surface area contributed by atoms with Gasteiger partial charge in [-0.15, -0.1) is 16.4 Å². The summed E-state index contributed by atoms with van der Waals surface area (Å²) in [4.78, 5) is 27.8. The van der Waals surface area contributed by atoms with Gasteiger partial charge in [0.25, 0.3) is 5.91 Å². The molecule has 1 aliphatic carbocycles. The number of hydrogen-bond acceptors (Lipinski definition) is 6. The first-order valence-electron chi connectivity index (χ1n) is 8.12. The predicted octanol–water partition coefficient (Wildman–Crippen LogP) is 2.15.